The van der Waals surface area contributed by atoms with Crippen LogP contribution >= 0.6 is 11.6 Å². The molecule has 4 rings (SSSR count). The predicted octanol–water partition coefficient (Wildman–Crippen LogP) is 5.80. The van der Waals surface area contributed by atoms with Crippen LogP contribution in [-0.4, -0.2) is 48.1 Å². The van der Waals surface area contributed by atoms with E-state index in [1.807, 2.05) is 45.0 Å². The van der Waals surface area contributed by atoms with Gasteiger partial charge in [0.2, 0.25) is 5.78 Å². The topological polar surface area (TPSA) is 89.2 Å². The molecule has 0 bridgehead atoms. The van der Waals surface area contributed by atoms with Crippen LogP contribution < -0.4 is 4.74 Å². The Morgan fingerprint density at radius 2 is 2.00 bits per heavy atom. The summed E-state index contributed by atoms with van der Waals surface area (Å²) in [5.74, 6) is -1.37. The molecule has 3 aromatic rings. The van der Waals surface area contributed by atoms with E-state index >= 15 is 0 Å². The van der Waals surface area contributed by atoms with Gasteiger partial charge in [-0.1, -0.05) is 41.4 Å². The number of ketones is 1. The van der Waals surface area contributed by atoms with Crippen LogP contribution in [0.5, 0.6) is 5.75 Å². The minimum atomic E-state index is -0.757. The summed E-state index contributed by atoms with van der Waals surface area (Å²) >= 11 is 6.16. The Labute approximate surface area is 208 Å². The van der Waals surface area contributed by atoms with E-state index in [9.17, 15) is 14.7 Å². The fourth-order valence-electron chi connectivity index (χ4n) is 4.34. The number of benzene rings is 2. The number of amides is 1. The molecule has 8 heteroatoms. The summed E-state index contributed by atoms with van der Waals surface area (Å²) in [6.07, 6.45) is 0.625. The molecule has 1 amide bonds. The highest BCUT2D eigenvalue weighted by atomic mass is 35.5. The number of halogens is 1. The number of Topliss-reactive ketones (excluding diaryl/α,β-unsaturated/α-hetero) is 1. The standard InChI is InChI=1S/C27H28ClNO6/c1-15(2)34-10-6-9-29-23(17-8-5-7-16(3)11-17)22(25(31)27(29)32)24(30)20-13-18-12-19(28)14-21(33-4)26(18)35-20/h5,7-8,11-15,23,31H,6,9-10H2,1-4H3. The first-order valence-corrected chi connectivity index (χ1v) is 11.8. The maximum atomic E-state index is 13.7. The van der Waals surface area contributed by atoms with E-state index in [1.54, 1.807) is 18.2 Å². The molecule has 1 N–H and O–H groups in total. The Morgan fingerprint density at radius 3 is 2.69 bits per heavy atom. The Bertz CT molecular complexity index is 1310. The van der Waals surface area contributed by atoms with Gasteiger partial charge in [-0.3, -0.25) is 9.59 Å². The van der Waals surface area contributed by atoms with E-state index in [4.69, 9.17) is 25.5 Å². The van der Waals surface area contributed by atoms with Crippen LogP contribution in [0.15, 0.2) is 58.2 Å². The minimum absolute atomic E-state index is 0.0161. The van der Waals surface area contributed by atoms with Gasteiger partial charge in [-0.25, -0.2) is 0 Å². The summed E-state index contributed by atoms with van der Waals surface area (Å²) < 4.78 is 16.8. The van der Waals surface area contributed by atoms with Crippen molar-refractivity contribution in [1.29, 1.82) is 0 Å². The number of nitrogens with zero attached hydrogens (tertiary/aromatic N) is 1. The number of carbonyl (C=O) groups is 2. The molecule has 0 radical (unpaired) electrons. The lowest BCUT2D eigenvalue weighted by Gasteiger charge is -2.27. The van der Waals surface area contributed by atoms with Crippen molar-refractivity contribution in [3.63, 3.8) is 0 Å². The SMILES string of the molecule is COc1cc(Cl)cc2cc(C(=O)C3=C(O)C(=O)N(CCCOC(C)C)C3c3cccc(C)c3)oc12. The van der Waals surface area contributed by atoms with Gasteiger partial charge in [0.15, 0.2) is 22.9 Å². The second-order valence-corrected chi connectivity index (χ2v) is 9.25. The molecule has 7 nitrogen and oxygen atoms in total. The fourth-order valence-corrected chi connectivity index (χ4v) is 4.56. The van der Waals surface area contributed by atoms with Crippen molar-refractivity contribution in [2.45, 2.75) is 39.3 Å². The summed E-state index contributed by atoms with van der Waals surface area (Å²) in [4.78, 5) is 28.3. The van der Waals surface area contributed by atoms with E-state index < -0.39 is 23.5 Å². The minimum Gasteiger partial charge on any atom is -0.503 e. The third kappa shape index (κ3) is 4.92. The van der Waals surface area contributed by atoms with E-state index in [1.165, 1.54) is 12.0 Å². The summed E-state index contributed by atoms with van der Waals surface area (Å²) in [6.45, 7) is 6.58. The number of hydrogen-bond acceptors (Lipinski definition) is 6. The first kappa shape index (κ1) is 24.8. The van der Waals surface area contributed by atoms with E-state index in [0.717, 1.165) is 11.1 Å². The van der Waals surface area contributed by atoms with Crippen molar-refractivity contribution >= 4 is 34.3 Å². The third-order valence-corrected chi connectivity index (χ3v) is 6.11. The molecule has 0 fully saturated rings. The van der Waals surface area contributed by atoms with Crippen LogP contribution in [0, 0.1) is 6.92 Å². The second kappa shape index (κ2) is 10.1. The highest BCUT2D eigenvalue weighted by Gasteiger charge is 2.44. The first-order valence-electron chi connectivity index (χ1n) is 11.4. The Kier molecular flexibility index (Phi) is 7.19. The maximum Gasteiger partial charge on any atom is 0.290 e. The number of ether oxygens (including phenoxy) is 2. The largest absolute Gasteiger partial charge is 0.503 e. The predicted molar refractivity (Wildman–Crippen MR) is 133 cm³/mol. The molecule has 0 spiro atoms. The van der Waals surface area contributed by atoms with Crippen LogP contribution in [0.3, 0.4) is 0 Å². The molecule has 0 saturated heterocycles. The summed E-state index contributed by atoms with van der Waals surface area (Å²) in [6, 6.07) is 11.6. The molecule has 1 aromatic heterocycles. The van der Waals surface area contributed by atoms with Crippen LogP contribution in [0.4, 0.5) is 0 Å². The molecule has 35 heavy (non-hydrogen) atoms. The molecule has 2 heterocycles. The van der Waals surface area contributed by atoms with Gasteiger partial charge in [0.25, 0.3) is 5.91 Å². The number of aryl methyl sites for hydroxylation is 1. The van der Waals surface area contributed by atoms with Crippen LogP contribution in [0.1, 0.15) is 48.0 Å². The molecule has 184 valence electrons. The zero-order valence-electron chi connectivity index (χ0n) is 20.1. The highest BCUT2D eigenvalue weighted by molar-refractivity contribution is 6.31. The number of hydrogen-bond donors (Lipinski definition) is 1. The van der Waals surface area contributed by atoms with Gasteiger partial charge in [0.05, 0.1) is 24.8 Å². The first-order chi connectivity index (χ1) is 16.7. The maximum absolute atomic E-state index is 13.7. The lowest BCUT2D eigenvalue weighted by Crippen LogP contribution is -2.32. The van der Waals surface area contributed by atoms with Gasteiger partial charge in [-0.15, -0.1) is 0 Å². The zero-order valence-corrected chi connectivity index (χ0v) is 20.9. The number of furan rings is 1. The Balaban J connectivity index is 1.74. The van der Waals surface area contributed by atoms with Crippen molar-refractivity contribution in [2.24, 2.45) is 0 Å². The molecule has 1 aliphatic heterocycles. The van der Waals surface area contributed by atoms with Gasteiger partial charge in [-0.05, 0) is 44.9 Å². The average Bonchev–Trinajstić information content (AvgIpc) is 3.35. The average molecular weight is 498 g/mol. The molecular formula is C27H28ClNO6. The van der Waals surface area contributed by atoms with E-state index in [2.05, 4.69) is 0 Å². The normalized spacial score (nSPS) is 16.1. The number of methoxy groups -OCH3 is 1. The molecular weight excluding hydrogens is 470 g/mol. The monoisotopic (exact) mass is 497 g/mol. The highest BCUT2D eigenvalue weighted by Crippen LogP contribution is 2.41. The number of fused-ring (bicyclic) bond motifs is 1. The Morgan fingerprint density at radius 1 is 1.23 bits per heavy atom. The number of aliphatic hydroxyl groups excluding tert-OH is 1. The van der Waals surface area contributed by atoms with Gasteiger partial charge < -0.3 is 23.9 Å². The Hall–Kier alpha value is -3.29. The van der Waals surface area contributed by atoms with Crippen LogP contribution in [-0.2, 0) is 9.53 Å². The van der Waals surface area contributed by atoms with Gasteiger partial charge >= 0.3 is 0 Å². The molecule has 0 aliphatic carbocycles. The van der Waals surface area contributed by atoms with Crippen molar-refractivity contribution < 1.29 is 28.6 Å². The zero-order chi connectivity index (χ0) is 25.3. The van der Waals surface area contributed by atoms with Crippen LogP contribution in [0.25, 0.3) is 11.0 Å². The van der Waals surface area contributed by atoms with Gasteiger partial charge in [-0.2, -0.15) is 0 Å². The van der Waals surface area contributed by atoms with E-state index in [-0.39, 0.29) is 17.4 Å². The van der Waals surface area contributed by atoms with Gasteiger partial charge in [0.1, 0.15) is 0 Å². The smallest absolute Gasteiger partial charge is 0.290 e. The lowest BCUT2D eigenvalue weighted by atomic mass is 9.94. The summed E-state index contributed by atoms with van der Waals surface area (Å²) in [5.41, 5.74) is 2.04. The van der Waals surface area contributed by atoms with Crippen molar-refractivity contribution in [2.75, 3.05) is 20.3 Å². The molecule has 0 saturated carbocycles. The van der Waals surface area contributed by atoms with Crippen LogP contribution in [0.2, 0.25) is 5.02 Å². The van der Waals surface area contributed by atoms with Crippen molar-refractivity contribution in [3.05, 3.63) is 75.7 Å². The van der Waals surface area contributed by atoms with Gasteiger partial charge in [0, 0.05) is 29.6 Å². The third-order valence-electron chi connectivity index (χ3n) is 5.89. The van der Waals surface area contributed by atoms with Crippen molar-refractivity contribution in [3.8, 4) is 5.75 Å². The van der Waals surface area contributed by atoms with E-state index in [0.29, 0.717) is 41.3 Å². The quantitative estimate of drug-likeness (QED) is 0.297. The van der Waals surface area contributed by atoms with Crippen molar-refractivity contribution in [1.82, 2.24) is 4.90 Å². The summed E-state index contributed by atoms with van der Waals surface area (Å²) in [7, 11) is 1.48. The fraction of sp³-hybridized carbons (Fsp3) is 0.333. The molecule has 1 unspecified atom stereocenters. The second-order valence-electron chi connectivity index (χ2n) is 8.82. The summed E-state index contributed by atoms with van der Waals surface area (Å²) in [5, 5.41) is 11.9. The number of rotatable bonds is 9. The molecule has 1 aliphatic rings. The number of aliphatic hydroxyl groups is 1. The molecule has 1 atom stereocenters. The molecule has 2 aromatic carbocycles. The number of carbonyl (C=O) groups excluding carboxylic acids is 2. The lowest BCUT2D eigenvalue weighted by molar-refractivity contribution is -0.129.